The van der Waals surface area contributed by atoms with Gasteiger partial charge in [-0.05, 0) is 0 Å². The van der Waals surface area contributed by atoms with Gasteiger partial charge in [0.1, 0.15) is 5.69 Å². The SMILES string of the molecule is O=C(OCn1ccnc1)c1cc2occc2[nH]1. The fourth-order valence-electron chi connectivity index (χ4n) is 1.53. The lowest BCUT2D eigenvalue weighted by atomic mass is 10.4. The number of imidazole rings is 1. The van der Waals surface area contributed by atoms with Gasteiger partial charge in [-0.25, -0.2) is 9.78 Å². The van der Waals surface area contributed by atoms with Gasteiger partial charge < -0.3 is 18.7 Å². The third-order valence-corrected chi connectivity index (χ3v) is 2.36. The van der Waals surface area contributed by atoms with Gasteiger partial charge in [0.15, 0.2) is 12.3 Å². The zero-order valence-electron chi connectivity index (χ0n) is 8.79. The minimum atomic E-state index is -0.426. The Morgan fingerprint density at radius 3 is 3.29 bits per heavy atom. The second kappa shape index (κ2) is 3.82. The fourth-order valence-corrected chi connectivity index (χ4v) is 1.53. The maximum Gasteiger partial charge on any atom is 0.356 e. The highest BCUT2D eigenvalue weighted by Crippen LogP contribution is 2.16. The van der Waals surface area contributed by atoms with E-state index in [2.05, 4.69) is 9.97 Å². The third kappa shape index (κ3) is 1.80. The van der Waals surface area contributed by atoms with Crippen molar-refractivity contribution in [2.75, 3.05) is 0 Å². The number of carbonyl (C=O) groups is 1. The molecule has 3 rings (SSSR count). The van der Waals surface area contributed by atoms with Crippen LogP contribution >= 0.6 is 0 Å². The number of H-pyrrole nitrogens is 1. The highest BCUT2D eigenvalue weighted by molar-refractivity contribution is 5.92. The van der Waals surface area contributed by atoms with Gasteiger partial charge in [0, 0.05) is 24.5 Å². The number of nitrogens with zero attached hydrogens (tertiary/aromatic N) is 2. The topological polar surface area (TPSA) is 73.1 Å². The molecule has 0 unspecified atom stereocenters. The van der Waals surface area contributed by atoms with Crippen LogP contribution in [0.4, 0.5) is 0 Å². The van der Waals surface area contributed by atoms with Gasteiger partial charge >= 0.3 is 5.97 Å². The summed E-state index contributed by atoms with van der Waals surface area (Å²) in [4.78, 5) is 18.4. The van der Waals surface area contributed by atoms with Crippen LogP contribution in [0.1, 0.15) is 10.5 Å². The number of rotatable bonds is 3. The molecule has 0 spiro atoms. The first-order valence-electron chi connectivity index (χ1n) is 5.02. The smallest absolute Gasteiger partial charge is 0.356 e. The quantitative estimate of drug-likeness (QED) is 0.697. The summed E-state index contributed by atoms with van der Waals surface area (Å²) in [5.74, 6) is -0.426. The van der Waals surface area contributed by atoms with E-state index in [0.29, 0.717) is 11.3 Å². The molecule has 0 atom stereocenters. The fraction of sp³-hybridized carbons (Fsp3) is 0.0909. The first-order chi connectivity index (χ1) is 8.33. The van der Waals surface area contributed by atoms with Crippen molar-refractivity contribution in [1.82, 2.24) is 14.5 Å². The van der Waals surface area contributed by atoms with Crippen LogP contribution in [-0.4, -0.2) is 20.5 Å². The Hall–Kier alpha value is -2.50. The molecule has 0 saturated heterocycles. The van der Waals surface area contributed by atoms with Gasteiger partial charge in [-0.1, -0.05) is 0 Å². The molecule has 3 heterocycles. The predicted octanol–water partition coefficient (Wildman–Crippen LogP) is 1.77. The Balaban J connectivity index is 1.72. The Morgan fingerprint density at radius 1 is 1.59 bits per heavy atom. The summed E-state index contributed by atoms with van der Waals surface area (Å²) in [5.41, 5.74) is 1.79. The molecule has 0 aliphatic carbocycles. The van der Waals surface area contributed by atoms with E-state index in [1.54, 1.807) is 41.7 Å². The largest absolute Gasteiger partial charge is 0.463 e. The maximum atomic E-state index is 11.7. The average Bonchev–Trinajstić information content (AvgIpc) is 3.01. The molecule has 0 radical (unpaired) electrons. The van der Waals surface area contributed by atoms with Crippen LogP contribution in [0.15, 0.2) is 41.5 Å². The highest BCUT2D eigenvalue weighted by atomic mass is 16.5. The monoisotopic (exact) mass is 231 g/mol. The van der Waals surface area contributed by atoms with Crippen LogP contribution in [-0.2, 0) is 11.5 Å². The average molecular weight is 231 g/mol. The van der Waals surface area contributed by atoms with E-state index in [0.717, 1.165) is 5.52 Å². The van der Waals surface area contributed by atoms with Crippen LogP contribution in [0.25, 0.3) is 11.1 Å². The van der Waals surface area contributed by atoms with Crippen LogP contribution in [0, 0.1) is 0 Å². The normalized spacial score (nSPS) is 10.8. The summed E-state index contributed by atoms with van der Waals surface area (Å²) in [6, 6.07) is 3.37. The molecular formula is C11H9N3O3. The van der Waals surface area contributed by atoms with Gasteiger partial charge in [-0.3, -0.25) is 0 Å². The molecule has 0 saturated carbocycles. The molecule has 0 aromatic carbocycles. The molecular weight excluding hydrogens is 222 g/mol. The number of aromatic nitrogens is 3. The van der Waals surface area contributed by atoms with Crippen molar-refractivity contribution < 1.29 is 13.9 Å². The number of fused-ring (bicyclic) bond motifs is 1. The Morgan fingerprint density at radius 2 is 2.53 bits per heavy atom. The maximum absolute atomic E-state index is 11.7. The molecule has 6 heteroatoms. The molecule has 0 amide bonds. The van der Waals surface area contributed by atoms with Crippen molar-refractivity contribution in [3.63, 3.8) is 0 Å². The van der Waals surface area contributed by atoms with Crippen molar-refractivity contribution in [1.29, 1.82) is 0 Å². The van der Waals surface area contributed by atoms with Crippen LogP contribution in [0.2, 0.25) is 0 Å². The minimum Gasteiger partial charge on any atom is -0.463 e. The number of aromatic amines is 1. The second-order valence-electron chi connectivity index (χ2n) is 3.52. The lowest BCUT2D eigenvalue weighted by Gasteiger charge is -2.03. The lowest BCUT2D eigenvalue weighted by molar-refractivity contribution is 0.0366. The van der Waals surface area contributed by atoms with Gasteiger partial charge in [-0.15, -0.1) is 0 Å². The molecule has 0 bridgehead atoms. The highest BCUT2D eigenvalue weighted by Gasteiger charge is 2.12. The number of hydrogen-bond acceptors (Lipinski definition) is 4. The van der Waals surface area contributed by atoms with E-state index in [9.17, 15) is 4.79 Å². The van der Waals surface area contributed by atoms with E-state index in [-0.39, 0.29) is 6.73 Å². The molecule has 17 heavy (non-hydrogen) atoms. The van der Waals surface area contributed by atoms with Crippen molar-refractivity contribution in [2.45, 2.75) is 6.73 Å². The van der Waals surface area contributed by atoms with Crippen molar-refractivity contribution in [3.8, 4) is 0 Å². The third-order valence-electron chi connectivity index (χ3n) is 2.36. The number of furan rings is 1. The van der Waals surface area contributed by atoms with E-state index in [1.165, 1.54) is 0 Å². The second-order valence-corrected chi connectivity index (χ2v) is 3.52. The molecule has 0 fully saturated rings. The van der Waals surface area contributed by atoms with Gasteiger partial charge in [0.05, 0.1) is 18.1 Å². The summed E-state index contributed by atoms with van der Waals surface area (Å²) < 4.78 is 11.9. The summed E-state index contributed by atoms with van der Waals surface area (Å²) in [5, 5.41) is 0. The molecule has 86 valence electrons. The summed E-state index contributed by atoms with van der Waals surface area (Å²) in [7, 11) is 0. The lowest BCUT2D eigenvalue weighted by Crippen LogP contribution is -2.08. The standard InChI is InChI=1S/C11H9N3O3/c15-11(17-7-14-3-2-12-6-14)9-5-10-8(13-9)1-4-16-10/h1-6,13H,7H2. The molecule has 3 aromatic rings. The molecule has 6 nitrogen and oxygen atoms in total. The van der Waals surface area contributed by atoms with Gasteiger partial charge in [-0.2, -0.15) is 0 Å². The summed E-state index contributed by atoms with van der Waals surface area (Å²) in [6.07, 6.45) is 6.47. The molecule has 1 N–H and O–H groups in total. The van der Waals surface area contributed by atoms with Crippen LogP contribution < -0.4 is 0 Å². The van der Waals surface area contributed by atoms with Crippen LogP contribution in [0.5, 0.6) is 0 Å². The Bertz CT molecular complexity index is 607. The Labute approximate surface area is 95.8 Å². The number of hydrogen-bond donors (Lipinski definition) is 1. The van der Waals surface area contributed by atoms with Crippen molar-refractivity contribution >= 4 is 17.1 Å². The predicted molar refractivity (Wildman–Crippen MR) is 58.2 cm³/mol. The van der Waals surface area contributed by atoms with Crippen molar-refractivity contribution in [2.24, 2.45) is 0 Å². The number of carbonyl (C=O) groups excluding carboxylic acids is 1. The van der Waals surface area contributed by atoms with E-state index in [4.69, 9.17) is 9.15 Å². The zero-order valence-corrected chi connectivity index (χ0v) is 8.79. The molecule has 3 aromatic heterocycles. The van der Waals surface area contributed by atoms with Gasteiger partial charge in [0.25, 0.3) is 0 Å². The van der Waals surface area contributed by atoms with Gasteiger partial charge in [0.2, 0.25) is 0 Å². The molecule has 0 aliphatic rings. The summed E-state index contributed by atoms with van der Waals surface area (Å²) >= 11 is 0. The van der Waals surface area contributed by atoms with E-state index >= 15 is 0 Å². The Kier molecular flexibility index (Phi) is 2.18. The number of ether oxygens (including phenoxy) is 1. The first-order valence-corrected chi connectivity index (χ1v) is 5.02. The molecule has 0 aliphatic heterocycles. The first kappa shape index (κ1) is 9.71. The number of nitrogens with one attached hydrogen (secondary N) is 1. The number of esters is 1. The van der Waals surface area contributed by atoms with E-state index < -0.39 is 5.97 Å². The minimum absolute atomic E-state index is 0.138. The van der Waals surface area contributed by atoms with Crippen molar-refractivity contribution in [3.05, 3.63) is 42.8 Å². The van der Waals surface area contributed by atoms with Crippen LogP contribution in [0.3, 0.4) is 0 Å². The van der Waals surface area contributed by atoms with E-state index in [1.807, 2.05) is 0 Å². The summed E-state index contributed by atoms with van der Waals surface area (Å²) in [6.45, 7) is 0.138. The zero-order chi connectivity index (χ0) is 11.7.